The Morgan fingerprint density at radius 2 is 2.23 bits per heavy atom. The Morgan fingerprint density at radius 3 is 3.00 bits per heavy atom. The molecule has 0 aliphatic carbocycles. The topological polar surface area (TPSA) is 86.5 Å². The van der Waals surface area contributed by atoms with Crippen molar-refractivity contribution in [1.82, 2.24) is 15.3 Å². The minimum absolute atomic E-state index is 0.0158. The summed E-state index contributed by atoms with van der Waals surface area (Å²) in [6.45, 7) is 4.53. The van der Waals surface area contributed by atoms with E-state index in [1.165, 1.54) is 6.26 Å². The molecule has 0 aliphatic rings. The van der Waals surface area contributed by atoms with Crippen LogP contribution in [0.4, 0.5) is 0 Å². The molecule has 1 atom stereocenters. The molecular weight excluding hydrogens is 354 g/mol. The smallest absolute Gasteiger partial charge is 0.273 e. The maximum Gasteiger partial charge on any atom is 0.273 e. The number of fused-ring (bicyclic) bond motifs is 1. The second-order valence-corrected chi connectivity index (χ2v) is 6.99. The summed E-state index contributed by atoms with van der Waals surface area (Å²) in [5.74, 6) is 0.719. The molecule has 0 fully saturated rings. The van der Waals surface area contributed by atoms with Gasteiger partial charge in [-0.15, -0.1) is 11.3 Å². The number of nitrogens with zero attached hydrogens (tertiary/aromatic N) is 2. The highest BCUT2D eigenvalue weighted by atomic mass is 32.1. The molecule has 1 N–H and O–H groups in total. The summed E-state index contributed by atoms with van der Waals surface area (Å²) in [7, 11) is 1.62. The standard InChI is InChI=1S/C18H21N3O4S/c1-4-12(23-3)8-19-18(22)15-9-25-17(21-15)10-24-13-5-6-16-14(7-13)20-11(2)26-16/h5-7,9,12H,4,8,10H2,1-3H3,(H,19,22)/t12-/m1/s1. The van der Waals surface area contributed by atoms with Crippen molar-refractivity contribution in [3.8, 4) is 5.75 Å². The van der Waals surface area contributed by atoms with E-state index in [-0.39, 0.29) is 24.3 Å². The zero-order valence-electron chi connectivity index (χ0n) is 14.9. The molecule has 8 heteroatoms. The summed E-state index contributed by atoms with van der Waals surface area (Å²) in [6, 6.07) is 5.74. The van der Waals surface area contributed by atoms with E-state index in [4.69, 9.17) is 13.9 Å². The van der Waals surface area contributed by atoms with Crippen molar-refractivity contribution >= 4 is 27.5 Å². The van der Waals surface area contributed by atoms with Crippen LogP contribution in [-0.4, -0.2) is 35.6 Å². The molecular formula is C18H21N3O4S. The first kappa shape index (κ1) is 18.3. The lowest BCUT2D eigenvalue weighted by molar-refractivity contribution is 0.0812. The van der Waals surface area contributed by atoms with Gasteiger partial charge in [-0.25, -0.2) is 9.97 Å². The highest BCUT2D eigenvalue weighted by Crippen LogP contribution is 2.25. The maximum absolute atomic E-state index is 12.1. The molecule has 0 unspecified atom stereocenters. The van der Waals surface area contributed by atoms with Crippen molar-refractivity contribution in [2.75, 3.05) is 13.7 Å². The summed E-state index contributed by atoms with van der Waals surface area (Å²) in [5, 5.41) is 3.79. The van der Waals surface area contributed by atoms with Crippen LogP contribution in [0.2, 0.25) is 0 Å². The van der Waals surface area contributed by atoms with E-state index in [0.29, 0.717) is 18.2 Å². The highest BCUT2D eigenvalue weighted by molar-refractivity contribution is 7.18. The van der Waals surface area contributed by atoms with Gasteiger partial charge in [-0.05, 0) is 25.5 Å². The van der Waals surface area contributed by atoms with Crippen LogP contribution in [0, 0.1) is 6.92 Å². The number of hydrogen-bond donors (Lipinski definition) is 1. The molecule has 3 rings (SSSR count). The Labute approximate surface area is 155 Å². The number of amides is 1. The number of oxazole rings is 1. The molecule has 1 amide bonds. The van der Waals surface area contributed by atoms with Crippen LogP contribution in [0.5, 0.6) is 5.75 Å². The molecule has 0 saturated carbocycles. The number of aromatic nitrogens is 2. The third-order valence-electron chi connectivity index (χ3n) is 3.89. The summed E-state index contributed by atoms with van der Waals surface area (Å²) < 4.78 is 17.4. The fraction of sp³-hybridized carbons (Fsp3) is 0.389. The summed E-state index contributed by atoms with van der Waals surface area (Å²) >= 11 is 1.64. The first-order valence-corrected chi connectivity index (χ1v) is 9.16. The van der Waals surface area contributed by atoms with Gasteiger partial charge in [0.2, 0.25) is 5.89 Å². The van der Waals surface area contributed by atoms with Crippen LogP contribution in [0.3, 0.4) is 0 Å². The van der Waals surface area contributed by atoms with Crippen LogP contribution >= 0.6 is 11.3 Å². The van der Waals surface area contributed by atoms with Crippen LogP contribution in [0.1, 0.15) is 34.7 Å². The second kappa shape index (κ2) is 8.29. The van der Waals surface area contributed by atoms with Crippen molar-refractivity contribution in [2.24, 2.45) is 0 Å². The predicted octanol–water partition coefficient (Wildman–Crippen LogP) is 3.33. The van der Waals surface area contributed by atoms with Gasteiger partial charge in [-0.3, -0.25) is 4.79 Å². The summed E-state index contributed by atoms with van der Waals surface area (Å²) in [4.78, 5) is 20.7. The monoisotopic (exact) mass is 375 g/mol. The number of ether oxygens (including phenoxy) is 2. The fourth-order valence-corrected chi connectivity index (χ4v) is 3.24. The summed E-state index contributed by atoms with van der Waals surface area (Å²) in [5.41, 5.74) is 1.13. The minimum atomic E-state index is -0.296. The number of thiazole rings is 1. The predicted molar refractivity (Wildman–Crippen MR) is 98.6 cm³/mol. The van der Waals surface area contributed by atoms with Crippen molar-refractivity contribution in [1.29, 1.82) is 0 Å². The van der Waals surface area contributed by atoms with Crippen LogP contribution in [0.15, 0.2) is 28.9 Å². The SMILES string of the molecule is CC[C@H](CNC(=O)c1coc(COc2ccc3sc(C)nc3c2)n1)OC. The number of methoxy groups -OCH3 is 1. The van der Waals surface area contributed by atoms with Crippen molar-refractivity contribution in [3.63, 3.8) is 0 Å². The third-order valence-corrected chi connectivity index (χ3v) is 4.84. The number of carbonyl (C=O) groups excluding carboxylic acids is 1. The van der Waals surface area contributed by atoms with E-state index >= 15 is 0 Å². The van der Waals surface area contributed by atoms with E-state index in [1.54, 1.807) is 18.4 Å². The van der Waals surface area contributed by atoms with Gasteiger partial charge in [0.15, 0.2) is 12.3 Å². The lowest BCUT2D eigenvalue weighted by atomic mass is 10.2. The van der Waals surface area contributed by atoms with Gasteiger partial charge in [0, 0.05) is 19.7 Å². The Bertz CT molecular complexity index is 886. The minimum Gasteiger partial charge on any atom is -0.484 e. The lowest BCUT2D eigenvalue weighted by Crippen LogP contribution is -2.33. The van der Waals surface area contributed by atoms with Crippen LogP contribution in [-0.2, 0) is 11.3 Å². The molecule has 138 valence electrons. The Kier molecular flexibility index (Phi) is 5.85. The Morgan fingerprint density at radius 1 is 1.38 bits per heavy atom. The van der Waals surface area contributed by atoms with Gasteiger partial charge in [0.05, 0.1) is 21.3 Å². The molecule has 0 saturated heterocycles. The average molecular weight is 375 g/mol. The number of rotatable bonds is 8. The third kappa shape index (κ3) is 4.39. The Hall–Kier alpha value is -2.45. The molecule has 0 bridgehead atoms. The molecule has 26 heavy (non-hydrogen) atoms. The van der Waals surface area contributed by atoms with Gasteiger partial charge < -0.3 is 19.2 Å². The van der Waals surface area contributed by atoms with E-state index in [0.717, 1.165) is 21.6 Å². The second-order valence-electron chi connectivity index (χ2n) is 5.75. The molecule has 0 spiro atoms. The van der Waals surface area contributed by atoms with E-state index < -0.39 is 0 Å². The highest BCUT2D eigenvalue weighted by Gasteiger charge is 2.14. The van der Waals surface area contributed by atoms with Gasteiger partial charge in [0.25, 0.3) is 5.91 Å². The quantitative estimate of drug-likeness (QED) is 0.650. The number of hydrogen-bond acceptors (Lipinski definition) is 7. The van der Waals surface area contributed by atoms with Gasteiger partial charge in [-0.2, -0.15) is 0 Å². The number of nitrogens with one attached hydrogen (secondary N) is 1. The molecule has 2 aromatic heterocycles. The lowest BCUT2D eigenvalue weighted by Gasteiger charge is -2.12. The van der Waals surface area contributed by atoms with Gasteiger partial charge in [-0.1, -0.05) is 6.92 Å². The van der Waals surface area contributed by atoms with Crippen molar-refractivity contribution in [3.05, 3.63) is 41.1 Å². The molecule has 1 aromatic carbocycles. The fourth-order valence-electron chi connectivity index (χ4n) is 2.43. The normalized spacial score (nSPS) is 12.3. The number of aryl methyl sites for hydroxylation is 1. The van der Waals surface area contributed by atoms with Crippen LogP contribution in [0.25, 0.3) is 10.2 Å². The first-order chi connectivity index (χ1) is 12.6. The van der Waals surface area contributed by atoms with Gasteiger partial charge in [0.1, 0.15) is 12.0 Å². The maximum atomic E-state index is 12.1. The molecule has 7 nitrogen and oxygen atoms in total. The van der Waals surface area contributed by atoms with E-state index in [1.807, 2.05) is 32.0 Å². The van der Waals surface area contributed by atoms with Gasteiger partial charge >= 0.3 is 0 Å². The number of carbonyl (C=O) groups is 1. The molecule has 3 aromatic rings. The average Bonchev–Trinajstić information content (AvgIpc) is 3.25. The first-order valence-electron chi connectivity index (χ1n) is 8.34. The van der Waals surface area contributed by atoms with E-state index in [9.17, 15) is 4.79 Å². The molecule has 0 aliphatic heterocycles. The zero-order valence-corrected chi connectivity index (χ0v) is 15.8. The molecule has 0 radical (unpaired) electrons. The summed E-state index contributed by atoms with van der Waals surface area (Å²) in [6.07, 6.45) is 2.13. The zero-order chi connectivity index (χ0) is 18.5. The van der Waals surface area contributed by atoms with Crippen molar-refractivity contribution in [2.45, 2.75) is 33.0 Å². The van der Waals surface area contributed by atoms with Crippen molar-refractivity contribution < 1.29 is 18.7 Å². The largest absolute Gasteiger partial charge is 0.484 e. The van der Waals surface area contributed by atoms with Crippen LogP contribution < -0.4 is 10.1 Å². The Balaban J connectivity index is 1.56. The number of benzene rings is 1. The molecule has 2 heterocycles. The van der Waals surface area contributed by atoms with E-state index in [2.05, 4.69) is 15.3 Å².